The molecule has 0 radical (unpaired) electrons. The molecule has 19 heavy (non-hydrogen) atoms. The first-order valence-corrected chi connectivity index (χ1v) is 7.25. The molecule has 1 aliphatic carbocycles. The van der Waals surface area contributed by atoms with E-state index in [-0.39, 0.29) is 0 Å². The molecule has 0 unspecified atom stereocenters. The van der Waals surface area contributed by atoms with E-state index in [0.717, 1.165) is 32.2 Å². The topological polar surface area (TPSA) is 24.5 Å². The van der Waals surface area contributed by atoms with Gasteiger partial charge in [0.25, 0.3) is 0 Å². The van der Waals surface area contributed by atoms with E-state index < -0.39 is 0 Å². The molecule has 0 atom stereocenters. The Morgan fingerprint density at radius 2 is 1.95 bits per heavy atom. The molecule has 3 nitrogen and oxygen atoms in total. The first kappa shape index (κ1) is 14.5. The Balaban J connectivity index is 1.50. The molecule has 0 heterocycles. The van der Waals surface area contributed by atoms with Gasteiger partial charge in [-0.3, -0.25) is 0 Å². The van der Waals surface area contributed by atoms with Crippen molar-refractivity contribution in [2.45, 2.75) is 25.6 Å². The fourth-order valence-corrected chi connectivity index (χ4v) is 2.37. The van der Waals surface area contributed by atoms with Gasteiger partial charge in [-0.15, -0.1) is 0 Å². The summed E-state index contributed by atoms with van der Waals surface area (Å²) in [6.07, 6.45) is 2.89. The average molecular weight is 262 g/mol. The van der Waals surface area contributed by atoms with Gasteiger partial charge in [0.15, 0.2) is 0 Å². The summed E-state index contributed by atoms with van der Waals surface area (Å²) in [6.45, 7) is 4.09. The number of nitrogens with one attached hydrogen (secondary N) is 1. The molecule has 0 aromatic heterocycles. The van der Waals surface area contributed by atoms with Crippen LogP contribution in [0.3, 0.4) is 0 Å². The lowest BCUT2D eigenvalue weighted by molar-refractivity contribution is -0.0395. The summed E-state index contributed by atoms with van der Waals surface area (Å²) in [7, 11) is 4.22. The molecule has 1 aromatic rings. The summed E-state index contributed by atoms with van der Waals surface area (Å²) < 4.78 is 5.90. The highest BCUT2D eigenvalue weighted by Crippen LogP contribution is 2.30. The van der Waals surface area contributed by atoms with Gasteiger partial charge in [-0.1, -0.05) is 30.3 Å². The van der Waals surface area contributed by atoms with Crippen LogP contribution in [-0.2, 0) is 11.3 Å². The highest BCUT2D eigenvalue weighted by atomic mass is 16.5. The zero-order chi connectivity index (χ0) is 13.5. The Morgan fingerprint density at radius 1 is 1.21 bits per heavy atom. The lowest BCUT2D eigenvalue weighted by Gasteiger charge is -2.35. The quantitative estimate of drug-likeness (QED) is 0.726. The van der Waals surface area contributed by atoms with Gasteiger partial charge in [0.2, 0.25) is 0 Å². The van der Waals surface area contributed by atoms with Crippen molar-refractivity contribution in [1.29, 1.82) is 0 Å². The van der Waals surface area contributed by atoms with E-state index >= 15 is 0 Å². The summed E-state index contributed by atoms with van der Waals surface area (Å²) in [5.41, 5.74) is 1.27. The van der Waals surface area contributed by atoms with Crippen molar-refractivity contribution >= 4 is 0 Å². The lowest BCUT2D eigenvalue weighted by Crippen LogP contribution is -2.39. The van der Waals surface area contributed by atoms with Crippen molar-refractivity contribution < 1.29 is 4.74 Å². The van der Waals surface area contributed by atoms with E-state index in [1.807, 2.05) is 6.07 Å². The Morgan fingerprint density at radius 3 is 2.63 bits per heavy atom. The first-order chi connectivity index (χ1) is 9.24. The molecule has 2 rings (SSSR count). The van der Waals surface area contributed by atoms with Crippen molar-refractivity contribution in [1.82, 2.24) is 10.2 Å². The van der Waals surface area contributed by atoms with Crippen molar-refractivity contribution in [3.05, 3.63) is 35.9 Å². The van der Waals surface area contributed by atoms with E-state index in [9.17, 15) is 0 Å². The highest BCUT2D eigenvalue weighted by molar-refractivity contribution is 5.13. The third kappa shape index (κ3) is 5.31. The van der Waals surface area contributed by atoms with Crippen LogP contribution in [0.2, 0.25) is 0 Å². The summed E-state index contributed by atoms with van der Waals surface area (Å²) >= 11 is 0. The highest BCUT2D eigenvalue weighted by Gasteiger charge is 2.29. The molecule has 1 aliphatic rings. The molecule has 0 bridgehead atoms. The Kier molecular flexibility index (Phi) is 5.83. The summed E-state index contributed by atoms with van der Waals surface area (Å²) in [6, 6.07) is 10.4. The number of hydrogen-bond donors (Lipinski definition) is 1. The van der Waals surface area contributed by atoms with Crippen LogP contribution in [0.1, 0.15) is 18.4 Å². The molecular weight excluding hydrogens is 236 g/mol. The van der Waals surface area contributed by atoms with Crippen LogP contribution in [0.5, 0.6) is 0 Å². The second-order valence-electron chi connectivity index (χ2n) is 5.76. The van der Waals surface area contributed by atoms with Gasteiger partial charge in [0, 0.05) is 13.1 Å². The minimum atomic E-state index is 0.473. The fraction of sp³-hybridized carbons (Fsp3) is 0.625. The SMILES string of the molecule is CN(C)CCNCC1CC(OCc2ccccc2)C1. The van der Waals surface area contributed by atoms with Gasteiger partial charge in [-0.2, -0.15) is 0 Å². The molecule has 0 amide bonds. The van der Waals surface area contributed by atoms with Crippen molar-refractivity contribution in [3.8, 4) is 0 Å². The fourth-order valence-electron chi connectivity index (χ4n) is 2.37. The molecule has 3 heteroatoms. The molecule has 0 spiro atoms. The van der Waals surface area contributed by atoms with Crippen molar-refractivity contribution in [3.63, 3.8) is 0 Å². The summed E-state index contributed by atoms with van der Waals surface area (Å²) in [5, 5.41) is 3.52. The van der Waals surface area contributed by atoms with E-state index in [1.54, 1.807) is 0 Å². The average Bonchev–Trinajstić information content (AvgIpc) is 2.36. The van der Waals surface area contributed by atoms with Crippen LogP contribution in [0.25, 0.3) is 0 Å². The Bertz CT molecular complexity index is 347. The van der Waals surface area contributed by atoms with Gasteiger partial charge >= 0.3 is 0 Å². The molecule has 1 fully saturated rings. The van der Waals surface area contributed by atoms with Crippen LogP contribution in [0, 0.1) is 5.92 Å². The summed E-state index contributed by atoms with van der Waals surface area (Å²) in [5.74, 6) is 0.808. The van der Waals surface area contributed by atoms with Gasteiger partial charge in [0.1, 0.15) is 0 Å². The maximum Gasteiger partial charge on any atom is 0.0720 e. The van der Waals surface area contributed by atoms with Crippen LogP contribution in [-0.4, -0.2) is 44.7 Å². The maximum absolute atomic E-state index is 5.90. The molecular formula is C16H26N2O. The zero-order valence-corrected chi connectivity index (χ0v) is 12.1. The van der Waals surface area contributed by atoms with Crippen molar-refractivity contribution in [2.24, 2.45) is 5.92 Å². The zero-order valence-electron chi connectivity index (χ0n) is 12.1. The number of benzene rings is 1. The Labute approximate surface area is 116 Å². The predicted molar refractivity (Wildman–Crippen MR) is 79.2 cm³/mol. The van der Waals surface area contributed by atoms with Crippen molar-refractivity contribution in [2.75, 3.05) is 33.7 Å². The largest absolute Gasteiger partial charge is 0.374 e. The molecule has 0 aliphatic heterocycles. The van der Waals surface area contributed by atoms with E-state index in [1.165, 1.54) is 18.4 Å². The number of rotatable bonds is 8. The van der Waals surface area contributed by atoms with Crippen LogP contribution in [0.4, 0.5) is 0 Å². The van der Waals surface area contributed by atoms with Crippen LogP contribution in [0.15, 0.2) is 30.3 Å². The maximum atomic E-state index is 5.90. The first-order valence-electron chi connectivity index (χ1n) is 7.25. The lowest BCUT2D eigenvalue weighted by atomic mass is 9.82. The van der Waals surface area contributed by atoms with Gasteiger partial charge in [-0.25, -0.2) is 0 Å². The minimum absolute atomic E-state index is 0.473. The standard InChI is InChI=1S/C16H26N2O/c1-18(2)9-8-17-12-15-10-16(11-15)19-13-14-6-4-3-5-7-14/h3-7,15-17H,8-13H2,1-2H3. The number of ether oxygens (including phenoxy) is 1. The molecule has 106 valence electrons. The Hall–Kier alpha value is -0.900. The third-order valence-corrected chi connectivity index (χ3v) is 3.69. The molecule has 1 aromatic carbocycles. The smallest absolute Gasteiger partial charge is 0.0720 e. The monoisotopic (exact) mass is 262 g/mol. The van der Waals surface area contributed by atoms with Crippen LogP contribution >= 0.6 is 0 Å². The molecule has 1 N–H and O–H groups in total. The van der Waals surface area contributed by atoms with E-state index in [2.05, 4.69) is 48.6 Å². The predicted octanol–water partition coefficient (Wildman–Crippen LogP) is 2.13. The third-order valence-electron chi connectivity index (χ3n) is 3.69. The normalized spacial score (nSPS) is 22.5. The minimum Gasteiger partial charge on any atom is -0.374 e. The van der Waals surface area contributed by atoms with Crippen LogP contribution < -0.4 is 5.32 Å². The van der Waals surface area contributed by atoms with Gasteiger partial charge < -0.3 is 15.0 Å². The second kappa shape index (κ2) is 7.63. The van der Waals surface area contributed by atoms with E-state index in [0.29, 0.717) is 6.10 Å². The van der Waals surface area contributed by atoms with Gasteiger partial charge in [-0.05, 0) is 45.0 Å². The number of nitrogens with zero attached hydrogens (tertiary/aromatic N) is 1. The molecule has 1 saturated carbocycles. The van der Waals surface area contributed by atoms with E-state index in [4.69, 9.17) is 4.74 Å². The van der Waals surface area contributed by atoms with Gasteiger partial charge in [0.05, 0.1) is 12.7 Å². The molecule has 0 saturated heterocycles. The summed E-state index contributed by atoms with van der Waals surface area (Å²) in [4.78, 5) is 2.21. The number of likely N-dealkylation sites (N-methyl/N-ethyl adjacent to an activating group) is 1. The second-order valence-corrected chi connectivity index (χ2v) is 5.76. The number of hydrogen-bond acceptors (Lipinski definition) is 3.